The molecule has 0 spiro atoms. The molecule has 64 heavy (non-hydrogen) atoms. The van der Waals surface area contributed by atoms with E-state index >= 15 is 0 Å². The van der Waals surface area contributed by atoms with Gasteiger partial charge in [0.05, 0.1) is 22.3 Å². The molecule has 8 aromatic rings. The monoisotopic (exact) mass is 1020 g/mol. The number of hydrogen-bond acceptors (Lipinski definition) is 3. The minimum absolute atomic E-state index is 0. The molecule has 4 nitrogen and oxygen atoms in total. The summed E-state index contributed by atoms with van der Waals surface area (Å²) in [5.74, 6) is 1.46. The second-order valence-corrected chi connectivity index (χ2v) is 20.9. The second kappa shape index (κ2) is 17.8. The first kappa shape index (κ1) is 46.4. The maximum Gasteiger partial charge on any atom is 0.148 e. The van der Waals surface area contributed by atoms with Gasteiger partial charge in [-0.05, 0) is 99.2 Å². The average Bonchev–Trinajstić information content (AvgIpc) is 3.63. The number of aromatic hydroxyl groups is 1. The predicted molar refractivity (Wildman–Crippen MR) is 266 cm³/mol. The number of aromatic nitrogens is 3. The van der Waals surface area contributed by atoms with Gasteiger partial charge >= 0.3 is 0 Å². The van der Waals surface area contributed by atoms with Crippen molar-refractivity contribution < 1.29 is 26.2 Å². The van der Waals surface area contributed by atoms with Crippen LogP contribution in [0.2, 0.25) is 0 Å². The van der Waals surface area contributed by atoms with Gasteiger partial charge in [-0.15, -0.1) is 29.3 Å². The minimum atomic E-state index is -0.291. The molecule has 8 rings (SSSR count). The van der Waals surface area contributed by atoms with Crippen LogP contribution in [0.3, 0.4) is 0 Å². The van der Waals surface area contributed by atoms with Crippen LogP contribution in [-0.4, -0.2) is 19.6 Å². The van der Waals surface area contributed by atoms with Gasteiger partial charge in [0.25, 0.3) is 0 Å². The Morgan fingerprint density at radius 1 is 0.609 bits per heavy atom. The zero-order chi connectivity index (χ0) is 45.0. The van der Waals surface area contributed by atoms with Crippen LogP contribution in [0.5, 0.6) is 5.75 Å². The Labute approximate surface area is 396 Å². The van der Waals surface area contributed by atoms with E-state index < -0.39 is 0 Å². The van der Waals surface area contributed by atoms with Crippen molar-refractivity contribution in [3.63, 3.8) is 0 Å². The quantitative estimate of drug-likeness (QED) is 0.154. The molecule has 0 aliphatic carbocycles. The third-order valence-corrected chi connectivity index (χ3v) is 12.2. The van der Waals surface area contributed by atoms with Gasteiger partial charge in [0, 0.05) is 44.1 Å². The Hall–Kier alpha value is -5.57. The van der Waals surface area contributed by atoms with Crippen molar-refractivity contribution in [1.82, 2.24) is 14.5 Å². The van der Waals surface area contributed by atoms with Gasteiger partial charge in [-0.1, -0.05) is 172 Å². The van der Waals surface area contributed by atoms with Gasteiger partial charge in [0.1, 0.15) is 11.6 Å². The molecule has 6 aromatic carbocycles. The minimum Gasteiger partial charge on any atom is -0.507 e. The molecule has 0 bridgehead atoms. The molecule has 0 saturated heterocycles. The van der Waals surface area contributed by atoms with E-state index in [1.807, 2.05) is 6.20 Å². The third kappa shape index (κ3) is 9.45. The molecule has 5 heteroatoms. The van der Waals surface area contributed by atoms with Crippen molar-refractivity contribution in [3.8, 4) is 67.5 Å². The first-order chi connectivity index (χ1) is 29.8. The Morgan fingerprint density at radius 2 is 1.30 bits per heavy atom. The molecule has 0 amide bonds. The van der Waals surface area contributed by atoms with Crippen molar-refractivity contribution in [2.24, 2.45) is 5.92 Å². The molecule has 0 unspecified atom stereocenters. The number of phenolic OH excluding ortho intramolecular Hbond substituents is 1. The normalized spacial score (nSPS) is 12.2. The molecule has 2 aromatic heterocycles. The Balaban J connectivity index is 0.00000612. The molecule has 2 heterocycles. The van der Waals surface area contributed by atoms with Gasteiger partial charge in [-0.2, -0.15) is 0 Å². The van der Waals surface area contributed by atoms with Crippen molar-refractivity contribution >= 4 is 11.0 Å². The molecule has 330 valence electrons. The fraction of sp³-hybridized carbons (Fsp3) is 0.288. The van der Waals surface area contributed by atoms with E-state index in [4.69, 9.17) is 9.97 Å². The number of fused-ring (bicyclic) bond motifs is 1. The maximum absolute atomic E-state index is 12.3. The van der Waals surface area contributed by atoms with E-state index in [1.165, 1.54) is 16.7 Å². The van der Waals surface area contributed by atoms with Gasteiger partial charge in [0.2, 0.25) is 0 Å². The van der Waals surface area contributed by atoms with Gasteiger partial charge in [0.15, 0.2) is 0 Å². The average molecular weight is 1020 g/mol. The van der Waals surface area contributed by atoms with Gasteiger partial charge in [-0.3, -0.25) is 9.55 Å². The number of para-hydroxylation sites is 1. The van der Waals surface area contributed by atoms with E-state index in [1.54, 1.807) is 0 Å². The Bertz CT molecular complexity index is 2960. The SMILES string of the molecule is Cc1cc(-c2nc3c(-c4[c-]c(-c5cc(-c6ccc(C(C)(C)C)cc6)ccn5)cc(C(C)(C)C)c4)cccc3n2-c2ccc(CC(C)C)cc2-c2ccccc2)c(O)c(C(C)(C)C)c1.[Pt]. The van der Waals surface area contributed by atoms with E-state index in [2.05, 4.69) is 221 Å². The smallest absolute Gasteiger partial charge is 0.148 e. The Morgan fingerprint density at radius 3 is 1.95 bits per heavy atom. The van der Waals surface area contributed by atoms with Crippen LogP contribution >= 0.6 is 0 Å². The van der Waals surface area contributed by atoms with Crippen LogP contribution in [0, 0.1) is 18.9 Å². The number of benzene rings is 6. The summed E-state index contributed by atoms with van der Waals surface area (Å²) >= 11 is 0. The molecule has 0 fully saturated rings. The summed E-state index contributed by atoms with van der Waals surface area (Å²) < 4.78 is 2.27. The zero-order valence-electron chi connectivity index (χ0n) is 39.6. The van der Waals surface area contributed by atoms with Crippen LogP contribution < -0.4 is 0 Å². The van der Waals surface area contributed by atoms with Crippen LogP contribution in [0.15, 0.2) is 134 Å². The van der Waals surface area contributed by atoms with Crippen LogP contribution in [0.25, 0.3) is 72.7 Å². The van der Waals surface area contributed by atoms with Crippen LogP contribution in [-0.2, 0) is 43.7 Å². The van der Waals surface area contributed by atoms with E-state index in [-0.39, 0.29) is 43.1 Å². The standard InChI is InChI=1S/C59H62N3O.Pt/c1-37(2)29-39-21-26-52(48(32-39)41-17-14-13-15-18-41)62-53-20-16-19-47(54(53)61-56(62)49-30-38(3)31-50(55(49)63)59(10,11)12)43-33-44(35-46(34-43)58(7,8)9)51-36-42(27-28-60-51)40-22-24-45(25-23-40)57(4,5)6;/h13-28,30-32,34-37,63H,29H2,1-12H3;/q-1;. The first-order valence-electron chi connectivity index (χ1n) is 22.5. The number of phenols is 1. The maximum atomic E-state index is 12.3. The summed E-state index contributed by atoms with van der Waals surface area (Å²) in [5, 5.41) is 12.3. The van der Waals surface area contributed by atoms with Gasteiger partial charge < -0.3 is 5.11 Å². The number of imidazole rings is 1. The molecular weight excluding hydrogens is 962 g/mol. The zero-order valence-corrected chi connectivity index (χ0v) is 41.9. The summed E-state index contributed by atoms with van der Waals surface area (Å²) in [6.07, 6.45) is 2.88. The fourth-order valence-electron chi connectivity index (χ4n) is 8.69. The molecule has 0 radical (unpaired) electrons. The number of rotatable bonds is 8. The molecule has 0 aliphatic rings. The predicted octanol–water partition coefficient (Wildman–Crippen LogP) is 15.7. The second-order valence-electron chi connectivity index (χ2n) is 20.9. The summed E-state index contributed by atoms with van der Waals surface area (Å²) in [6, 6.07) is 49.6. The molecular formula is C59H62N3OPt-. The van der Waals surface area contributed by atoms with Crippen molar-refractivity contribution in [2.45, 2.75) is 106 Å². The third-order valence-electron chi connectivity index (χ3n) is 12.2. The number of aryl methyl sites for hydroxylation is 1. The summed E-state index contributed by atoms with van der Waals surface area (Å²) in [6.45, 7) is 26.6. The molecule has 0 atom stereocenters. The van der Waals surface area contributed by atoms with Crippen LogP contribution in [0.4, 0.5) is 0 Å². The van der Waals surface area contributed by atoms with E-state index in [0.717, 1.165) is 78.9 Å². The molecule has 1 N–H and O–H groups in total. The fourth-order valence-corrected chi connectivity index (χ4v) is 8.69. The van der Waals surface area contributed by atoms with Crippen molar-refractivity contribution in [3.05, 3.63) is 167 Å². The first-order valence-corrected chi connectivity index (χ1v) is 22.5. The summed E-state index contributed by atoms with van der Waals surface area (Å²) in [5.41, 5.74) is 17.1. The summed E-state index contributed by atoms with van der Waals surface area (Å²) in [4.78, 5) is 10.5. The Kier molecular flexibility index (Phi) is 12.9. The van der Waals surface area contributed by atoms with Crippen molar-refractivity contribution in [1.29, 1.82) is 0 Å². The number of hydrogen-bond donors (Lipinski definition) is 1. The van der Waals surface area contributed by atoms with Crippen molar-refractivity contribution in [2.75, 3.05) is 0 Å². The topological polar surface area (TPSA) is 50.9 Å². The number of pyridine rings is 1. The molecule has 0 saturated carbocycles. The van der Waals surface area contributed by atoms with E-state index in [9.17, 15) is 5.11 Å². The van der Waals surface area contributed by atoms with E-state index in [0.29, 0.717) is 17.3 Å². The number of nitrogens with zero attached hydrogens (tertiary/aromatic N) is 3. The summed E-state index contributed by atoms with van der Waals surface area (Å²) in [7, 11) is 0. The van der Waals surface area contributed by atoms with Gasteiger partial charge in [-0.25, -0.2) is 4.98 Å². The molecule has 0 aliphatic heterocycles. The largest absolute Gasteiger partial charge is 0.507 e. The van der Waals surface area contributed by atoms with Crippen LogP contribution in [0.1, 0.15) is 104 Å².